The summed E-state index contributed by atoms with van der Waals surface area (Å²) < 4.78 is 44.2. The van der Waals surface area contributed by atoms with Crippen molar-refractivity contribution in [2.24, 2.45) is 0 Å². The van der Waals surface area contributed by atoms with Crippen molar-refractivity contribution in [2.45, 2.75) is 64.1 Å². The number of benzene rings is 2. The molecule has 2 saturated heterocycles. The first-order valence-corrected chi connectivity index (χ1v) is 15.9. The van der Waals surface area contributed by atoms with Gasteiger partial charge in [-0.15, -0.1) is 5.10 Å². The molecule has 0 unspecified atom stereocenters. The summed E-state index contributed by atoms with van der Waals surface area (Å²) in [6.45, 7) is 7.42. The number of carbonyl (C=O) groups excluding carboxylic acids is 1. The minimum Gasteiger partial charge on any atom is -0.351 e. The molecule has 0 radical (unpaired) electrons. The number of carbonyl (C=O) groups is 1. The molecule has 4 heterocycles. The van der Waals surface area contributed by atoms with E-state index < -0.39 is 24.2 Å². The Kier molecular flexibility index (Phi) is 8.65. The largest absolute Gasteiger partial charge is 0.351 e. The van der Waals surface area contributed by atoms with Crippen LogP contribution in [-0.2, 0) is 4.79 Å². The van der Waals surface area contributed by atoms with Crippen LogP contribution in [0.1, 0.15) is 43.4 Å². The van der Waals surface area contributed by atoms with Gasteiger partial charge in [0.25, 0.3) is 6.43 Å². The molecular formula is C34H36ClF3N8O. The number of nitrogens with zero attached hydrogens (tertiary/aromatic N) is 8. The summed E-state index contributed by atoms with van der Waals surface area (Å²) in [5, 5.41) is 19.8. The summed E-state index contributed by atoms with van der Waals surface area (Å²) in [7, 11) is 4.05. The number of piperidine rings is 1. The van der Waals surface area contributed by atoms with E-state index in [-0.39, 0.29) is 30.1 Å². The molecule has 0 N–H and O–H groups in total. The number of rotatable bonds is 7. The lowest BCUT2D eigenvalue weighted by atomic mass is 9.90. The fraction of sp³-hybridized carbons (Fsp3) is 0.441. The van der Waals surface area contributed by atoms with Crippen LogP contribution in [0.2, 0.25) is 5.02 Å². The first kappa shape index (κ1) is 32.7. The van der Waals surface area contributed by atoms with E-state index in [2.05, 4.69) is 33.1 Å². The minimum absolute atomic E-state index is 0.0257. The van der Waals surface area contributed by atoms with Gasteiger partial charge in [-0.05, 0) is 82.6 Å². The molecule has 2 aliphatic heterocycles. The number of amides is 1. The van der Waals surface area contributed by atoms with Crippen molar-refractivity contribution < 1.29 is 18.0 Å². The van der Waals surface area contributed by atoms with Crippen LogP contribution in [0.5, 0.6) is 0 Å². The van der Waals surface area contributed by atoms with Crippen LogP contribution in [-0.4, -0.2) is 87.4 Å². The van der Waals surface area contributed by atoms with Crippen molar-refractivity contribution in [1.82, 2.24) is 29.8 Å². The van der Waals surface area contributed by atoms with E-state index >= 15 is 4.39 Å². The molecule has 9 nitrogen and oxygen atoms in total. The second kappa shape index (κ2) is 12.4. The van der Waals surface area contributed by atoms with Crippen LogP contribution in [0.4, 0.5) is 19.0 Å². The zero-order chi connectivity index (χ0) is 33.8. The average Bonchev–Trinajstić information content (AvgIpc) is 3.46. The van der Waals surface area contributed by atoms with Crippen molar-refractivity contribution in [3.8, 4) is 17.2 Å². The summed E-state index contributed by atoms with van der Waals surface area (Å²) in [5.41, 5.74) is 3.82. The summed E-state index contributed by atoms with van der Waals surface area (Å²) in [5.74, 6) is -0.494. The van der Waals surface area contributed by atoms with Gasteiger partial charge in [0.1, 0.15) is 11.0 Å². The second-order valence-electron chi connectivity index (χ2n) is 13.0. The normalized spacial score (nSPS) is 19.7. The van der Waals surface area contributed by atoms with E-state index in [9.17, 15) is 18.8 Å². The third-order valence-corrected chi connectivity index (χ3v) is 10.2. The quantitative estimate of drug-likeness (QED) is 0.209. The number of likely N-dealkylation sites (tertiary alicyclic amines) is 1. The van der Waals surface area contributed by atoms with Crippen LogP contribution in [0.15, 0.2) is 36.4 Å². The summed E-state index contributed by atoms with van der Waals surface area (Å²) >= 11 is 6.45. The van der Waals surface area contributed by atoms with Crippen molar-refractivity contribution in [3.05, 3.63) is 58.4 Å². The highest BCUT2D eigenvalue weighted by Crippen LogP contribution is 2.42. The molecule has 2 aliphatic rings. The molecule has 1 amide bonds. The number of anilines is 1. The number of fused-ring (bicyclic) bond motifs is 3. The average molecular weight is 665 g/mol. The zero-order valence-corrected chi connectivity index (χ0v) is 27.7. The maximum atomic E-state index is 16.9. The number of halogens is 4. The van der Waals surface area contributed by atoms with Crippen LogP contribution in [0.3, 0.4) is 0 Å². The maximum Gasteiger partial charge on any atom is 0.257 e. The van der Waals surface area contributed by atoms with Gasteiger partial charge >= 0.3 is 0 Å². The number of nitriles is 1. The Labute approximate surface area is 276 Å². The first-order valence-electron chi connectivity index (χ1n) is 15.5. The molecule has 246 valence electrons. The molecule has 0 aliphatic carbocycles. The monoisotopic (exact) mass is 664 g/mol. The van der Waals surface area contributed by atoms with Crippen LogP contribution >= 0.6 is 11.6 Å². The van der Waals surface area contributed by atoms with Gasteiger partial charge in [-0.25, -0.2) is 22.8 Å². The number of likely N-dealkylation sites (N-methyl/N-ethyl adjacent to an activating group) is 1. The number of pyridine rings is 1. The third-order valence-electron chi connectivity index (χ3n) is 9.82. The highest BCUT2D eigenvalue weighted by atomic mass is 35.5. The Morgan fingerprint density at radius 1 is 1.26 bits per heavy atom. The number of aryl methyl sites for hydroxylation is 1. The van der Waals surface area contributed by atoms with Gasteiger partial charge in [-0.2, -0.15) is 5.26 Å². The van der Waals surface area contributed by atoms with E-state index in [0.29, 0.717) is 76.0 Å². The molecule has 0 spiro atoms. The number of aromatic nitrogens is 4. The molecule has 2 aromatic heterocycles. The highest BCUT2D eigenvalue weighted by Gasteiger charge is 2.43. The van der Waals surface area contributed by atoms with E-state index in [4.69, 9.17) is 16.6 Å². The van der Waals surface area contributed by atoms with E-state index in [1.54, 1.807) is 16.8 Å². The number of allylic oxidation sites excluding steroid dienone is 1. The van der Waals surface area contributed by atoms with Gasteiger partial charge < -0.3 is 14.7 Å². The Balaban J connectivity index is 1.50. The SMILES string of the molecule is Cc1cc2c(nc(N3CC(C)(N(C)C)C3)c3nnn([C@H]4CCN(C(=O)/C=C/C(F)F)[C@H](CC#N)C4)c32)c(F)c1-c1cccc(Cl)c1C. The molecule has 2 aromatic carbocycles. The molecule has 47 heavy (non-hydrogen) atoms. The number of alkyl halides is 2. The number of hydrogen-bond donors (Lipinski definition) is 0. The van der Waals surface area contributed by atoms with Crippen molar-refractivity contribution in [1.29, 1.82) is 5.26 Å². The molecule has 0 bridgehead atoms. The number of hydrogen-bond acceptors (Lipinski definition) is 7. The van der Waals surface area contributed by atoms with E-state index in [0.717, 1.165) is 11.6 Å². The maximum absolute atomic E-state index is 16.9. The lowest BCUT2D eigenvalue weighted by molar-refractivity contribution is -0.130. The smallest absolute Gasteiger partial charge is 0.257 e. The topological polar surface area (TPSA) is 94.2 Å². The van der Waals surface area contributed by atoms with Gasteiger partial charge in [0.15, 0.2) is 17.2 Å². The van der Waals surface area contributed by atoms with Gasteiger partial charge in [0, 0.05) is 47.7 Å². The van der Waals surface area contributed by atoms with Gasteiger partial charge in [0.05, 0.1) is 24.1 Å². The minimum atomic E-state index is -2.75. The van der Waals surface area contributed by atoms with E-state index in [1.165, 1.54) is 4.90 Å². The predicted octanol–water partition coefficient (Wildman–Crippen LogP) is 6.46. The lowest BCUT2D eigenvalue weighted by Gasteiger charge is -2.52. The third kappa shape index (κ3) is 5.69. The van der Waals surface area contributed by atoms with Crippen molar-refractivity contribution in [3.63, 3.8) is 0 Å². The van der Waals surface area contributed by atoms with Crippen LogP contribution in [0, 0.1) is 31.0 Å². The van der Waals surface area contributed by atoms with E-state index in [1.807, 2.05) is 40.1 Å². The highest BCUT2D eigenvalue weighted by molar-refractivity contribution is 6.31. The molecule has 2 atom stereocenters. The molecule has 2 fully saturated rings. The summed E-state index contributed by atoms with van der Waals surface area (Å²) in [4.78, 5) is 23.4. The van der Waals surface area contributed by atoms with Crippen LogP contribution in [0.25, 0.3) is 33.1 Å². The fourth-order valence-electron chi connectivity index (χ4n) is 6.90. The summed E-state index contributed by atoms with van der Waals surface area (Å²) in [6, 6.07) is 8.66. The second-order valence-corrected chi connectivity index (χ2v) is 13.4. The van der Waals surface area contributed by atoms with Gasteiger partial charge in [-0.3, -0.25) is 4.79 Å². The van der Waals surface area contributed by atoms with Crippen molar-refractivity contribution in [2.75, 3.05) is 38.6 Å². The lowest BCUT2D eigenvalue weighted by Crippen LogP contribution is -2.67. The Morgan fingerprint density at radius 3 is 2.68 bits per heavy atom. The Bertz CT molecular complexity index is 1950. The predicted molar refractivity (Wildman–Crippen MR) is 176 cm³/mol. The van der Waals surface area contributed by atoms with Gasteiger partial charge in [0.2, 0.25) is 5.91 Å². The molecule has 0 saturated carbocycles. The standard InChI is InChI=1S/C34H36ClF3N8O/c1-19-15-24-30(29(38)28(19)23-7-6-8-25(35)20(23)2)40-33(44-17-34(3,18-44)43(4)5)31-32(24)46(42-41-31)22-12-14-45(21(16-22)11-13-39)27(47)10-9-26(36)37/h6-10,15,21-22,26H,11-12,14,16-18H2,1-5H3/b10-9+/t21-,22+/m1/s1. The molecular weight excluding hydrogens is 629 g/mol. The van der Waals surface area contributed by atoms with Crippen molar-refractivity contribution >= 4 is 45.3 Å². The van der Waals surface area contributed by atoms with Crippen LogP contribution < -0.4 is 4.90 Å². The van der Waals surface area contributed by atoms with Gasteiger partial charge in [-0.1, -0.05) is 28.9 Å². The first-order chi connectivity index (χ1) is 22.3. The molecule has 6 rings (SSSR count). The fourth-order valence-corrected chi connectivity index (χ4v) is 7.07. The summed E-state index contributed by atoms with van der Waals surface area (Å²) in [6.07, 6.45) is -0.516. The molecule has 4 aromatic rings. The molecule has 13 heteroatoms. The Hall–Kier alpha value is -4.21. The Morgan fingerprint density at radius 2 is 2.00 bits per heavy atom. The zero-order valence-electron chi connectivity index (χ0n) is 26.9.